The topological polar surface area (TPSA) is 84.7 Å². The Kier molecular flexibility index (Phi) is 5.35. The van der Waals surface area contributed by atoms with Gasteiger partial charge in [-0.25, -0.2) is 4.79 Å². The molecule has 130 valence electrons. The van der Waals surface area contributed by atoms with E-state index in [1.54, 1.807) is 4.90 Å². The van der Waals surface area contributed by atoms with Gasteiger partial charge in [-0.1, -0.05) is 30.3 Å². The predicted octanol–water partition coefficient (Wildman–Crippen LogP) is 1.67. The van der Waals surface area contributed by atoms with Crippen molar-refractivity contribution in [1.82, 2.24) is 10.2 Å². The van der Waals surface area contributed by atoms with Gasteiger partial charge in [0.1, 0.15) is 0 Å². The molecule has 0 aromatic heterocycles. The summed E-state index contributed by atoms with van der Waals surface area (Å²) in [4.78, 5) is 25.2. The van der Waals surface area contributed by atoms with E-state index in [-0.39, 0.29) is 29.9 Å². The maximum atomic E-state index is 12.3. The number of urea groups is 1. The number of nitrogens with two attached hydrogens (primary N) is 1. The number of likely N-dealkylation sites (tertiary alicyclic amines) is 1. The van der Waals surface area contributed by atoms with E-state index >= 15 is 0 Å². The number of hydrogen-bond acceptors (Lipinski definition) is 3. The zero-order valence-electron chi connectivity index (χ0n) is 13.8. The molecular weight excluding hydrogens is 306 g/mol. The molecule has 1 aromatic carbocycles. The van der Waals surface area contributed by atoms with Gasteiger partial charge >= 0.3 is 6.03 Å². The van der Waals surface area contributed by atoms with Crippen LogP contribution >= 0.6 is 0 Å². The summed E-state index contributed by atoms with van der Waals surface area (Å²) in [5.74, 6) is -0.277. The summed E-state index contributed by atoms with van der Waals surface area (Å²) in [6.07, 6.45) is 2.72. The van der Waals surface area contributed by atoms with Crippen LogP contribution in [0.25, 0.3) is 0 Å². The second-order valence-electron chi connectivity index (χ2n) is 6.62. The maximum Gasteiger partial charge on any atom is 0.317 e. The van der Waals surface area contributed by atoms with Crippen molar-refractivity contribution in [3.05, 3.63) is 35.9 Å². The van der Waals surface area contributed by atoms with Gasteiger partial charge in [-0.2, -0.15) is 0 Å². The van der Waals surface area contributed by atoms with Gasteiger partial charge in [0.05, 0.1) is 12.0 Å². The van der Waals surface area contributed by atoms with Gasteiger partial charge < -0.3 is 20.7 Å². The number of ether oxygens (including phenoxy) is 1. The summed E-state index contributed by atoms with van der Waals surface area (Å²) in [6.45, 7) is 2.35. The Hall–Kier alpha value is -2.08. The molecule has 0 bridgehead atoms. The van der Waals surface area contributed by atoms with Crippen molar-refractivity contribution in [3.8, 4) is 0 Å². The first-order valence-electron chi connectivity index (χ1n) is 8.64. The molecule has 0 unspecified atom stereocenters. The fourth-order valence-electron chi connectivity index (χ4n) is 3.57. The van der Waals surface area contributed by atoms with Crippen LogP contribution in [0, 0.1) is 11.8 Å². The number of nitrogens with one attached hydrogen (secondary N) is 1. The first kappa shape index (κ1) is 16.8. The predicted molar refractivity (Wildman–Crippen MR) is 90.1 cm³/mol. The lowest BCUT2D eigenvalue weighted by molar-refractivity contribution is -0.121. The van der Waals surface area contributed by atoms with Crippen LogP contribution in [0.5, 0.6) is 0 Å². The monoisotopic (exact) mass is 331 g/mol. The Balaban J connectivity index is 1.54. The number of hydrogen-bond donors (Lipinski definition) is 2. The summed E-state index contributed by atoms with van der Waals surface area (Å²) in [7, 11) is 0. The molecule has 2 aliphatic rings. The van der Waals surface area contributed by atoms with Crippen molar-refractivity contribution in [2.24, 2.45) is 17.6 Å². The molecule has 3 amide bonds. The summed E-state index contributed by atoms with van der Waals surface area (Å²) < 4.78 is 5.96. The first-order chi connectivity index (χ1) is 11.6. The smallest absolute Gasteiger partial charge is 0.317 e. The Bertz CT molecular complexity index is 578. The number of nitrogens with zero attached hydrogens (tertiary/aromatic N) is 1. The highest BCUT2D eigenvalue weighted by atomic mass is 16.5. The van der Waals surface area contributed by atoms with Crippen molar-refractivity contribution in [2.45, 2.75) is 25.4 Å². The molecule has 0 spiro atoms. The van der Waals surface area contributed by atoms with Gasteiger partial charge in [-0.3, -0.25) is 4.79 Å². The minimum atomic E-state index is -0.324. The summed E-state index contributed by atoms with van der Waals surface area (Å²) in [6, 6.07) is 10.0. The molecule has 2 saturated heterocycles. The Morgan fingerprint density at radius 3 is 2.75 bits per heavy atom. The van der Waals surface area contributed by atoms with Gasteiger partial charge in [0.25, 0.3) is 0 Å². The van der Waals surface area contributed by atoms with E-state index in [9.17, 15) is 9.59 Å². The van der Waals surface area contributed by atoms with Gasteiger partial charge in [0.2, 0.25) is 5.91 Å². The molecule has 2 aliphatic heterocycles. The second-order valence-corrected chi connectivity index (χ2v) is 6.62. The Labute approximate surface area is 142 Å². The quantitative estimate of drug-likeness (QED) is 0.880. The zero-order valence-corrected chi connectivity index (χ0v) is 13.8. The van der Waals surface area contributed by atoms with E-state index < -0.39 is 0 Å². The molecule has 0 radical (unpaired) electrons. The average molecular weight is 331 g/mol. The van der Waals surface area contributed by atoms with E-state index in [0.29, 0.717) is 26.1 Å². The summed E-state index contributed by atoms with van der Waals surface area (Å²) in [5.41, 5.74) is 6.48. The van der Waals surface area contributed by atoms with Crippen molar-refractivity contribution >= 4 is 11.9 Å². The largest absolute Gasteiger partial charge is 0.373 e. The average Bonchev–Trinajstić information content (AvgIpc) is 3.11. The number of benzene rings is 1. The third kappa shape index (κ3) is 3.87. The number of rotatable bonds is 4. The molecule has 6 heteroatoms. The molecule has 24 heavy (non-hydrogen) atoms. The highest BCUT2D eigenvalue weighted by molar-refractivity contribution is 5.80. The van der Waals surface area contributed by atoms with Crippen molar-refractivity contribution in [1.29, 1.82) is 0 Å². The van der Waals surface area contributed by atoms with Crippen LogP contribution in [-0.2, 0) is 9.53 Å². The lowest BCUT2D eigenvalue weighted by atomic mass is 9.89. The van der Waals surface area contributed by atoms with Crippen LogP contribution < -0.4 is 11.1 Å². The molecule has 2 fully saturated rings. The van der Waals surface area contributed by atoms with Crippen LogP contribution in [0.1, 0.15) is 30.9 Å². The second kappa shape index (κ2) is 7.66. The lowest BCUT2D eigenvalue weighted by Crippen LogP contribution is -2.43. The van der Waals surface area contributed by atoms with Gasteiger partial charge in [0.15, 0.2) is 0 Å². The minimum absolute atomic E-state index is 0.0252. The minimum Gasteiger partial charge on any atom is -0.373 e. The SMILES string of the molecule is NC(=O)[C@@H]1CCN(C(=O)NC[C@H]2CCCO[C@H]2c2ccccc2)C1. The van der Waals surface area contributed by atoms with E-state index in [2.05, 4.69) is 17.4 Å². The summed E-state index contributed by atoms with van der Waals surface area (Å²) >= 11 is 0. The number of amides is 3. The van der Waals surface area contributed by atoms with Gasteiger partial charge in [0, 0.05) is 32.2 Å². The molecule has 3 N–H and O–H groups in total. The van der Waals surface area contributed by atoms with Crippen LogP contribution in [0.3, 0.4) is 0 Å². The van der Waals surface area contributed by atoms with E-state index in [1.807, 2.05) is 18.2 Å². The molecule has 3 atom stereocenters. The molecule has 2 heterocycles. The molecular formula is C18H25N3O3. The van der Waals surface area contributed by atoms with Crippen molar-refractivity contribution in [3.63, 3.8) is 0 Å². The van der Waals surface area contributed by atoms with E-state index in [0.717, 1.165) is 25.0 Å². The van der Waals surface area contributed by atoms with Crippen LogP contribution in [-0.4, -0.2) is 43.1 Å². The molecule has 3 rings (SSSR count). The third-order valence-corrected chi connectivity index (χ3v) is 4.97. The highest BCUT2D eigenvalue weighted by Gasteiger charge is 2.31. The third-order valence-electron chi connectivity index (χ3n) is 4.97. The Morgan fingerprint density at radius 1 is 1.25 bits per heavy atom. The van der Waals surface area contributed by atoms with Crippen molar-refractivity contribution < 1.29 is 14.3 Å². The van der Waals surface area contributed by atoms with Crippen LogP contribution in [0.15, 0.2) is 30.3 Å². The Morgan fingerprint density at radius 2 is 2.04 bits per heavy atom. The van der Waals surface area contributed by atoms with Gasteiger partial charge in [-0.15, -0.1) is 0 Å². The zero-order chi connectivity index (χ0) is 16.9. The highest BCUT2D eigenvalue weighted by Crippen LogP contribution is 2.33. The maximum absolute atomic E-state index is 12.3. The fourth-order valence-corrected chi connectivity index (χ4v) is 3.57. The molecule has 6 nitrogen and oxygen atoms in total. The standard InChI is InChI=1S/C18H25N3O3/c19-17(22)15-8-9-21(12-15)18(23)20-11-14-7-4-10-24-16(14)13-5-2-1-3-6-13/h1-3,5-6,14-16H,4,7-12H2,(H2,19,22)(H,20,23)/t14-,15-,16+/m1/s1. The van der Waals surface area contributed by atoms with Gasteiger partial charge in [-0.05, 0) is 24.8 Å². The first-order valence-corrected chi connectivity index (χ1v) is 8.64. The molecule has 0 aliphatic carbocycles. The summed E-state index contributed by atoms with van der Waals surface area (Å²) in [5, 5.41) is 3.01. The van der Waals surface area contributed by atoms with Crippen LogP contribution in [0.4, 0.5) is 4.79 Å². The van der Waals surface area contributed by atoms with Crippen LogP contribution in [0.2, 0.25) is 0 Å². The number of carbonyl (C=O) groups excluding carboxylic acids is 2. The van der Waals surface area contributed by atoms with E-state index in [1.165, 1.54) is 0 Å². The molecule has 0 saturated carbocycles. The van der Waals surface area contributed by atoms with E-state index in [4.69, 9.17) is 10.5 Å². The van der Waals surface area contributed by atoms with Crippen molar-refractivity contribution in [2.75, 3.05) is 26.2 Å². The number of carbonyl (C=O) groups is 2. The lowest BCUT2D eigenvalue weighted by Gasteiger charge is -2.32. The number of primary amides is 1. The normalized spacial score (nSPS) is 27.0. The molecule has 1 aromatic rings. The fraction of sp³-hybridized carbons (Fsp3) is 0.556.